The predicted molar refractivity (Wildman–Crippen MR) is 130 cm³/mol. The first-order valence-electron chi connectivity index (χ1n) is 9.61. The Hall–Kier alpha value is -2.88. The summed E-state index contributed by atoms with van der Waals surface area (Å²) >= 11 is 0. The standard InChI is InChI=1S/C22H26N6O.HI/c1-2-24-22(25-14-17-7-5-10-18(13-17)21(23)29)26-15-19-8-3-4-9-20(19)16-28-12-6-11-27-28;/h3-13H,2,14-16H2,1H3,(H2,23,29)(H2,24,25,26);1H. The lowest BCUT2D eigenvalue weighted by atomic mass is 10.1. The zero-order valence-electron chi connectivity index (χ0n) is 16.9. The highest BCUT2D eigenvalue weighted by Gasteiger charge is 2.05. The van der Waals surface area contributed by atoms with E-state index < -0.39 is 5.91 Å². The van der Waals surface area contributed by atoms with Crippen molar-refractivity contribution in [1.29, 1.82) is 0 Å². The van der Waals surface area contributed by atoms with Crippen LogP contribution in [0.1, 0.15) is 34.0 Å². The van der Waals surface area contributed by atoms with Gasteiger partial charge in [-0.1, -0.05) is 36.4 Å². The minimum Gasteiger partial charge on any atom is -0.366 e. The highest BCUT2D eigenvalue weighted by Crippen LogP contribution is 2.10. The van der Waals surface area contributed by atoms with Gasteiger partial charge in [0.25, 0.3) is 0 Å². The number of hydrogen-bond acceptors (Lipinski definition) is 3. The summed E-state index contributed by atoms with van der Waals surface area (Å²) in [6, 6.07) is 17.4. The smallest absolute Gasteiger partial charge is 0.248 e. The van der Waals surface area contributed by atoms with Gasteiger partial charge < -0.3 is 16.4 Å². The van der Waals surface area contributed by atoms with Crippen LogP contribution in [0.3, 0.4) is 0 Å². The molecule has 0 atom stereocenters. The highest BCUT2D eigenvalue weighted by atomic mass is 127. The summed E-state index contributed by atoms with van der Waals surface area (Å²) in [5.74, 6) is 0.278. The highest BCUT2D eigenvalue weighted by molar-refractivity contribution is 14.0. The molecule has 0 unspecified atom stereocenters. The number of nitrogens with zero attached hydrogens (tertiary/aromatic N) is 3. The van der Waals surface area contributed by atoms with Gasteiger partial charge in [-0.3, -0.25) is 9.48 Å². The number of nitrogens with one attached hydrogen (secondary N) is 2. The number of aromatic nitrogens is 2. The number of halogens is 1. The average molecular weight is 518 g/mol. The van der Waals surface area contributed by atoms with Crippen molar-refractivity contribution in [3.05, 3.63) is 89.2 Å². The number of amides is 1. The second-order valence-electron chi connectivity index (χ2n) is 6.59. The maximum atomic E-state index is 11.4. The predicted octanol–water partition coefficient (Wildman–Crippen LogP) is 2.90. The van der Waals surface area contributed by atoms with E-state index in [0.29, 0.717) is 24.6 Å². The van der Waals surface area contributed by atoms with Crippen molar-refractivity contribution in [2.45, 2.75) is 26.6 Å². The average Bonchev–Trinajstić information content (AvgIpc) is 3.24. The van der Waals surface area contributed by atoms with Gasteiger partial charge in [0.05, 0.1) is 13.1 Å². The van der Waals surface area contributed by atoms with Gasteiger partial charge in [0, 0.05) is 31.0 Å². The molecule has 1 aromatic heterocycles. The Kier molecular flexibility index (Phi) is 9.33. The van der Waals surface area contributed by atoms with Gasteiger partial charge in [0.15, 0.2) is 5.96 Å². The molecule has 1 heterocycles. The molecule has 30 heavy (non-hydrogen) atoms. The maximum absolute atomic E-state index is 11.4. The summed E-state index contributed by atoms with van der Waals surface area (Å²) < 4.78 is 1.91. The molecule has 0 fully saturated rings. The van der Waals surface area contributed by atoms with Crippen molar-refractivity contribution >= 4 is 35.8 Å². The molecule has 0 aliphatic carbocycles. The van der Waals surface area contributed by atoms with Gasteiger partial charge in [0.1, 0.15) is 0 Å². The number of carbonyl (C=O) groups is 1. The van der Waals surface area contributed by atoms with Crippen molar-refractivity contribution in [3.8, 4) is 0 Å². The number of hydrogen-bond donors (Lipinski definition) is 3. The van der Waals surface area contributed by atoms with Crippen molar-refractivity contribution in [2.24, 2.45) is 10.7 Å². The number of aliphatic imine (C=N–C) groups is 1. The zero-order valence-corrected chi connectivity index (χ0v) is 19.2. The summed E-state index contributed by atoms with van der Waals surface area (Å²) in [7, 11) is 0. The molecule has 158 valence electrons. The number of rotatable bonds is 8. The number of guanidine groups is 1. The third-order valence-electron chi connectivity index (χ3n) is 4.43. The van der Waals surface area contributed by atoms with Crippen LogP contribution < -0.4 is 16.4 Å². The molecule has 0 bridgehead atoms. The van der Waals surface area contributed by atoms with Gasteiger partial charge in [0.2, 0.25) is 5.91 Å². The molecular weight excluding hydrogens is 491 g/mol. The monoisotopic (exact) mass is 518 g/mol. The van der Waals surface area contributed by atoms with E-state index in [2.05, 4.69) is 32.9 Å². The quantitative estimate of drug-likeness (QED) is 0.243. The van der Waals surface area contributed by atoms with Crippen LogP contribution in [0.5, 0.6) is 0 Å². The Labute approximate surface area is 193 Å². The lowest BCUT2D eigenvalue weighted by Crippen LogP contribution is -2.37. The van der Waals surface area contributed by atoms with E-state index in [1.807, 2.05) is 48.1 Å². The van der Waals surface area contributed by atoms with Crippen molar-refractivity contribution in [1.82, 2.24) is 20.4 Å². The largest absolute Gasteiger partial charge is 0.366 e. The van der Waals surface area contributed by atoms with E-state index in [9.17, 15) is 4.79 Å². The van der Waals surface area contributed by atoms with E-state index in [4.69, 9.17) is 5.73 Å². The number of primary amides is 1. The topological polar surface area (TPSA) is 97.3 Å². The number of carbonyl (C=O) groups excluding carboxylic acids is 1. The molecule has 0 radical (unpaired) electrons. The summed E-state index contributed by atoms with van der Waals surface area (Å²) in [6.45, 7) is 4.59. The minimum atomic E-state index is -0.436. The molecule has 0 aliphatic rings. The summed E-state index contributed by atoms with van der Waals surface area (Å²) in [6.07, 6.45) is 3.74. The van der Waals surface area contributed by atoms with Crippen LogP contribution in [0.4, 0.5) is 0 Å². The second-order valence-corrected chi connectivity index (χ2v) is 6.59. The van der Waals surface area contributed by atoms with Crippen LogP contribution in [-0.2, 0) is 19.6 Å². The number of nitrogens with two attached hydrogens (primary N) is 1. The molecule has 0 aliphatic heterocycles. The Morgan fingerprint density at radius 3 is 2.60 bits per heavy atom. The summed E-state index contributed by atoms with van der Waals surface area (Å²) in [4.78, 5) is 16.0. The van der Waals surface area contributed by atoms with Crippen molar-refractivity contribution in [3.63, 3.8) is 0 Å². The first-order chi connectivity index (χ1) is 14.2. The van der Waals surface area contributed by atoms with Crippen LogP contribution in [-0.4, -0.2) is 28.2 Å². The van der Waals surface area contributed by atoms with Crippen LogP contribution in [0.25, 0.3) is 0 Å². The second kappa shape index (κ2) is 12.0. The van der Waals surface area contributed by atoms with Crippen LogP contribution >= 0.6 is 24.0 Å². The van der Waals surface area contributed by atoms with E-state index in [1.54, 1.807) is 18.3 Å². The normalized spacial score (nSPS) is 10.9. The summed E-state index contributed by atoms with van der Waals surface area (Å²) in [5, 5.41) is 10.9. The third kappa shape index (κ3) is 6.87. The van der Waals surface area contributed by atoms with Crippen molar-refractivity contribution in [2.75, 3.05) is 6.54 Å². The molecule has 0 saturated heterocycles. The van der Waals surface area contributed by atoms with Gasteiger partial charge in [-0.25, -0.2) is 4.99 Å². The van der Waals surface area contributed by atoms with Crippen LogP contribution in [0.2, 0.25) is 0 Å². The Bertz CT molecular complexity index is 971. The van der Waals surface area contributed by atoms with Crippen LogP contribution in [0.15, 0.2) is 72.0 Å². The van der Waals surface area contributed by atoms with Crippen LogP contribution in [0, 0.1) is 0 Å². The molecule has 3 rings (SSSR count). The fourth-order valence-electron chi connectivity index (χ4n) is 2.97. The first kappa shape index (κ1) is 23.4. The van der Waals surface area contributed by atoms with E-state index >= 15 is 0 Å². The lowest BCUT2D eigenvalue weighted by Gasteiger charge is -2.14. The molecule has 3 aromatic rings. The zero-order chi connectivity index (χ0) is 20.5. The SMILES string of the molecule is CCNC(=NCc1cccc(C(N)=O)c1)NCc1ccccc1Cn1cccn1.I. The fraction of sp³-hybridized carbons (Fsp3) is 0.227. The third-order valence-corrected chi connectivity index (χ3v) is 4.43. The van der Waals surface area contributed by atoms with Gasteiger partial charge in [-0.15, -0.1) is 24.0 Å². The molecule has 0 spiro atoms. The maximum Gasteiger partial charge on any atom is 0.248 e. The fourth-order valence-corrected chi connectivity index (χ4v) is 2.97. The molecule has 4 N–H and O–H groups in total. The Balaban J connectivity index is 0.00000320. The van der Waals surface area contributed by atoms with E-state index in [1.165, 1.54) is 11.1 Å². The van der Waals surface area contributed by atoms with Gasteiger partial charge >= 0.3 is 0 Å². The van der Waals surface area contributed by atoms with E-state index in [-0.39, 0.29) is 24.0 Å². The minimum absolute atomic E-state index is 0. The lowest BCUT2D eigenvalue weighted by molar-refractivity contribution is 0.1000. The molecule has 8 heteroatoms. The number of benzene rings is 2. The van der Waals surface area contributed by atoms with E-state index in [0.717, 1.165) is 18.7 Å². The Morgan fingerprint density at radius 1 is 1.10 bits per heavy atom. The first-order valence-corrected chi connectivity index (χ1v) is 9.61. The van der Waals surface area contributed by atoms with Gasteiger partial charge in [-0.05, 0) is 41.8 Å². The van der Waals surface area contributed by atoms with Gasteiger partial charge in [-0.2, -0.15) is 5.10 Å². The molecule has 0 saturated carbocycles. The molecular formula is C22H27IN6O. The molecule has 7 nitrogen and oxygen atoms in total. The Morgan fingerprint density at radius 2 is 1.90 bits per heavy atom. The van der Waals surface area contributed by atoms with Crippen molar-refractivity contribution < 1.29 is 4.79 Å². The molecule has 1 amide bonds. The molecule has 2 aromatic carbocycles. The summed E-state index contributed by atoms with van der Waals surface area (Å²) in [5.41, 5.74) is 9.16.